The maximum absolute atomic E-state index is 12.8. The molecular formula is C23H17NO3S. The topological polar surface area (TPSA) is 55.4 Å². The van der Waals surface area contributed by atoms with E-state index in [0.717, 1.165) is 21.2 Å². The summed E-state index contributed by atoms with van der Waals surface area (Å²) in [4.78, 5) is 25.4. The van der Waals surface area contributed by atoms with Crippen molar-refractivity contribution in [2.45, 2.75) is 0 Å². The summed E-state index contributed by atoms with van der Waals surface area (Å²) in [6, 6.07) is 24.9. The van der Waals surface area contributed by atoms with Crippen molar-refractivity contribution in [3.8, 4) is 11.1 Å². The van der Waals surface area contributed by atoms with Crippen LogP contribution in [0.15, 0.2) is 78.9 Å². The van der Waals surface area contributed by atoms with Crippen LogP contribution in [0, 0.1) is 0 Å². The zero-order chi connectivity index (χ0) is 19.5. The van der Waals surface area contributed by atoms with Crippen LogP contribution in [-0.4, -0.2) is 19.0 Å². The van der Waals surface area contributed by atoms with E-state index in [-0.39, 0.29) is 5.91 Å². The zero-order valence-corrected chi connectivity index (χ0v) is 16.0. The van der Waals surface area contributed by atoms with Gasteiger partial charge in [-0.2, -0.15) is 0 Å². The summed E-state index contributed by atoms with van der Waals surface area (Å²) in [5.41, 5.74) is 3.13. The smallest absolute Gasteiger partial charge is 0.350 e. The molecule has 0 aliphatic carbocycles. The number of carbonyl (C=O) groups is 2. The molecule has 1 N–H and O–H groups in total. The number of anilines is 1. The lowest BCUT2D eigenvalue weighted by Gasteiger charge is -2.08. The molecule has 0 unspecified atom stereocenters. The van der Waals surface area contributed by atoms with Crippen LogP contribution in [-0.2, 0) is 4.74 Å². The fraction of sp³-hybridized carbons (Fsp3) is 0.0435. The normalized spacial score (nSPS) is 10.6. The van der Waals surface area contributed by atoms with E-state index < -0.39 is 5.97 Å². The molecule has 0 saturated carbocycles. The van der Waals surface area contributed by atoms with Gasteiger partial charge in [0, 0.05) is 15.6 Å². The van der Waals surface area contributed by atoms with Crippen LogP contribution in [0.1, 0.15) is 20.0 Å². The summed E-state index contributed by atoms with van der Waals surface area (Å²) in [6.45, 7) is 0. The van der Waals surface area contributed by atoms with Gasteiger partial charge < -0.3 is 10.1 Å². The SMILES string of the molecule is COC(=O)c1sc2ccccc2c1NC(=O)c1ccc(-c2ccccc2)cc1. The number of thiophene rings is 1. The highest BCUT2D eigenvalue weighted by Gasteiger charge is 2.21. The van der Waals surface area contributed by atoms with E-state index in [0.29, 0.717) is 16.1 Å². The summed E-state index contributed by atoms with van der Waals surface area (Å²) in [7, 11) is 1.33. The number of hydrogen-bond acceptors (Lipinski definition) is 4. The predicted molar refractivity (Wildman–Crippen MR) is 113 cm³/mol. The molecular weight excluding hydrogens is 370 g/mol. The number of nitrogens with one attached hydrogen (secondary N) is 1. The van der Waals surface area contributed by atoms with Crippen LogP contribution < -0.4 is 5.32 Å². The lowest BCUT2D eigenvalue weighted by Crippen LogP contribution is -2.14. The van der Waals surface area contributed by atoms with Gasteiger partial charge in [-0.05, 0) is 29.3 Å². The highest BCUT2D eigenvalue weighted by atomic mass is 32.1. The molecule has 138 valence electrons. The Morgan fingerprint density at radius 1 is 0.821 bits per heavy atom. The van der Waals surface area contributed by atoms with Crippen LogP contribution in [0.25, 0.3) is 21.2 Å². The maximum atomic E-state index is 12.8. The van der Waals surface area contributed by atoms with Crippen molar-refractivity contribution < 1.29 is 14.3 Å². The molecule has 0 saturated heterocycles. The van der Waals surface area contributed by atoms with Crippen molar-refractivity contribution in [3.63, 3.8) is 0 Å². The standard InChI is InChI=1S/C23H17NO3S/c1-27-23(26)21-20(18-9-5-6-10-19(18)28-21)24-22(25)17-13-11-16(12-14-17)15-7-3-2-4-8-15/h2-14H,1H3,(H,24,25). The van der Waals surface area contributed by atoms with Crippen LogP contribution >= 0.6 is 11.3 Å². The Morgan fingerprint density at radius 3 is 2.18 bits per heavy atom. The number of methoxy groups -OCH3 is 1. The number of ether oxygens (including phenoxy) is 1. The second-order valence-electron chi connectivity index (χ2n) is 6.19. The minimum absolute atomic E-state index is 0.270. The Labute approximate surface area is 166 Å². The molecule has 0 spiro atoms. The lowest BCUT2D eigenvalue weighted by atomic mass is 10.0. The quantitative estimate of drug-likeness (QED) is 0.463. The molecule has 0 atom stereocenters. The van der Waals surface area contributed by atoms with Crippen molar-refractivity contribution in [3.05, 3.63) is 89.3 Å². The highest BCUT2D eigenvalue weighted by Crippen LogP contribution is 2.36. The summed E-state index contributed by atoms with van der Waals surface area (Å²) < 4.78 is 5.79. The number of carbonyl (C=O) groups excluding carboxylic acids is 2. The molecule has 0 bridgehead atoms. The Hall–Kier alpha value is -3.44. The van der Waals surface area contributed by atoms with E-state index in [1.54, 1.807) is 12.1 Å². The number of esters is 1. The van der Waals surface area contributed by atoms with Crippen molar-refractivity contribution in [2.75, 3.05) is 12.4 Å². The molecule has 0 aliphatic rings. The molecule has 4 aromatic rings. The predicted octanol–water partition coefficient (Wildman–Crippen LogP) is 5.61. The Kier molecular flexibility index (Phi) is 4.91. The Balaban J connectivity index is 1.64. The molecule has 0 fully saturated rings. The Morgan fingerprint density at radius 2 is 1.46 bits per heavy atom. The molecule has 3 aromatic carbocycles. The lowest BCUT2D eigenvalue weighted by molar-refractivity contribution is 0.0607. The van der Waals surface area contributed by atoms with Gasteiger partial charge in [-0.15, -0.1) is 11.3 Å². The molecule has 0 radical (unpaired) electrons. The van der Waals surface area contributed by atoms with Gasteiger partial charge in [0.1, 0.15) is 4.88 Å². The van der Waals surface area contributed by atoms with Gasteiger partial charge in [0.2, 0.25) is 0 Å². The monoisotopic (exact) mass is 387 g/mol. The van der Waals surface area contributed by atoms with Gasteiger partial charge >= 0.3 is 5.97 Å². The maximum Gasteiger partial charge on any atom is 0.350 e. The van der Waals surface area contributed by atoms with Crippen LogP contribution in [0.2, 0.25) is 0 Å². The van der Waals surface area contributed by atoms with Crippen molar-refractivity contribution in [1.29, 1.82) is 0 Å². The second-order valence-corrected chi connectivity index (χ2v) is 7.24. The first-order chi connectivity index (χ1) is 13.7. The Bertz CT molecular complexity index is 1150. The fourth-order valence-electron chi connectivity index (χ4n) is 3.04. The molecule has 1 amide bonds. The third kappa shape index (κ3) is 3.40. The van der Waals surface area contributed by atoms with Crippen molar-refractivity contribution in [1.82, 2.24) is 0 Å². The first-order valence-corrected chi connectivity index (χ1v) is 9.55. The average Bonchev–Trinajstić information content (AvgIpc) is 3.12. The van der Waals surface area contributed by atoms with Crippen LogP contribution in [0.3, 0.4) is 0 Å². The summed E-state index contributed by atoms with van der Waals surface area (Å²) >= 11 is 1.30. The third-order valence-corrected chi connectivity index (χ3v) is 5.61. The summed E-state index contributed by atoms with van der Waals surface area (Å²) in [5, 5.41) is 3.72. The van der Waals surface area contributed by atoms with Gasteiger partial charge in [-0.1, -0.05) is 60.7 Å². The summed E-state index contributed by atoms with van der Waals surface area (Å²) in [6.07, 6.45) is 0. The molecule has 4 nitrogen and oxygen atoms in total. The van der Waals surface area contributed by atoms with Gasteiger partial charge in [0.15, 0.2) is 0 Å². The fourth-order valence-corrected chi connectivity index (χ4v) is 4.11. The minimum atomic E-state index is -0.462. The number of fused-ring (bicyclic) bond motifs is 1. The molecule has 5 heteroatoms. The van der Waals surface area contributed by atoms with E-state index in [1.807, 2.05) is 66.7 Å². The average molecular weight is 387 g/mol. The van der Waals surface area contributed by atoms with Crippen molar-refractivity contribution >= 4 is 39.0 Å². The summed E-state index contributed by atoms with van der Waals surface area (Å²) in [5.74, 6) is -0.732. The van der Waals surface area contributed by atoms with Gasteiger partial charge in [0.25, 0.3) is 5.91 Å². The molecule has 1 heterocycles. The number of amides is 1. The number of rotatable bonds is 4. The van der Waals surface area contributed by atoms with Gasteiger partial charge in [-0.3, -0.25) is 4.79 Å². The van der Waals surface area contributed by atoms with Gasteiger partial charge in [0.05, 0.1) is 12.8 Å². The molecule has 28 heavy (non-hydrogen) atoms. The number of benzene rings is 3. The zero-order valence-electron chi connectivity index (χ0n) is 15.1. The van der Waals surface area contributed by atoms with E-state index in [1.165, 1.54) is 18.4 Å². The van der Waals surface area contributed by atoms with Gasteiger partial charge in [-0.25, -0.2) is 4.79 Å². The van der Waals surface area contributed by atoms with E-state index in [4.69, 9.17) is 4.74 Å². The minimum Gasteiger partial charge on any atom is -0.465 e. The molecule has 1 aromatic heterocycles. The first kappa shape index (κ1) is 17.9. The van der Waals surface area contributed by atoms with Crippen LogP contribution in [0.5, 0.6) is 0 Å². The largest absolute Gasteiger partial charge is 0.465 e. The van der Waals surface area contributed by atoms with E-state index >= 15 is 0 Å². The van der Waals surface area contributed by atoms with E-state index in [9.17, 15) is 9.59 Å². The van der Waals surface area contributed by atoms with Crippen molar-refractivity contribution in [2.24, 2.45) is 0 Å². The third-order valence-electron chi connectivity index (χ3n) is 4.46. The highest BCUT2D eigenvalue weighted by molar-refractivity contribution is 7.21. The molecule has 4 rings (SSSR count). The second kappa shape index (κ2) is 7.66. The first-order valence-electron chi connectivity index (χ1n) is 8.74. The molecule has 0 aliphatic heterocycles. The van der Waals surface area contributed by atoms with E-state index in [2.05, 4.69) is 5.32 Å². The van der Waals surface area contributed by atoms with Crippen LogP contribution in [0.4, 0.5) is 5.69 Å². The number of hydrogen-bond donors (Lipinski definition) is 1.